The van der Waals surface area contributed by atoms with Gasteiger partial charge >= 0.3 is 0 Å². The van der Waals surface area contributed by atoms with Crippen LogP contribution in [0.5, 0.6) is 5.75 Å². The molecule has 0 bridgehead atoms. The normalized spacial score (nSPS) is 18.5. The van der Waals surface area contributed by atoms with Gasteiger partial charge in [0.2, 0.25) is 0 Å². The third kappa shape index (κ3) is 4.16. The smallest absolute Gasteiger partial charge is 0.266 e. The van der Waals surface area contributed by atoms with Crippen molar-refractivity contribution >= 4 is 56.4 Å². The lowest BCUT2D eigenvalue weighted by Crippen LogP contribution is -2.35. The van der Waals surface area contributed by atoms with Gasteiger partial charge in [0, 0.05) is 12.1 Å². The molecule has 1 aliphatic rings. The molecule has 1 aromatic carbocycles. The molecule has 0 atom stereocenters. The van der Waals surface area contributed by atoms with Crippen LogP contribution in [0.15, 0.2) is 26.5 Å². The summed E-state index contributed by atoms with van der Waals surface area (Å²) in [4.78, 5) is 19.7. The van der Waals surface area contributed by atoms with E-state index in [0.717, 1.165) is 15.2 Å². The number of aliphatic imine (C=N–C) groups is 1. The third-order valence-electron chi connectivity index (χ3n) is 3.24. The quantitative estimate of drug-likeness (QED) is 0.615. The second kappa shape index (κ2) is 7.93. The van der Waals surface area contributed by atoms with Crippen molar-refractivity contribution in [2.45, 2.75) is 39.8 Å². The minimum Gasteiger partial charge on any atom is -0.494 e. The van der Waals surface area contributed by atoms with Crippen molar-refractivity contribution in [1.82, 2.24) is 4.90 Å². The van der Waals surface area contributed by atoms with Gasteiger partial charge in [0.05, 0.1) is 21.5 Å². The Bertz CT molecular complexity index is 694. The van der Waals surface area contributed by atoms with E-state index >= 15 is 0 Å². The van der Waals surface area contributed by atoms with Crippen LogP contribution >= 0.6 is 39.3 Å². The summed E-state index contributed by atoms with van der Waals surface area (Å²) in [5.74, 6) is 0.549. The number of halogens is 2. The molecule has 24 heavy (non-hydrogen) atoms. The molecule has 1 fully saturated rings. The van der Waals surface area contributed by atoms with Crippen LogP contribution in [0.1, 0.15) is 33.3 Å². The Balaban J connectivity index is 2.42. The SMILES string of the molecule is COc1c(Cl)cc(/C=C2/SC(=NC(C)C)N(C(C)C)C2=O)cc1Br. The third-order valence-corrected chi connectivity index (χ3v) is 5.11. The number of amides is 1. The molecule has 1 saturated heterocycles. The van der Waals surface area contributed by atoms with E-state index in [-0.39, 0.29) is 18.0 Å². The highest BCUT2D eigenvalue weighted by Crippen LogP contribution is 2.38. The minimum atomic E-state index is -0.0301. The molecule has 1 aromatic rings. The molecular formula is C17H20BrClN2O2S. The fourth-order valence-corrected chi connectivity index (χ4v) is 4.55. The molecule has 0 spiro atoms. The first-order chi connectivity index (χ1) is 11.2. The van der Waals surface area contributed by atoms with Crippen molar-refractivity contribution in [2.75, 3.05) is 7.11 Å². The fourth-order valence-electron chi connectivity index (χ4n) is 2.26. The summed E-state index contributed by atoms with van der Waals surface area (Å²) in [7, 11) is 1.57. The first kappa shape index (κ1) is 19.3. The van der Waals surface area contributed by atoms with Crippen molar-refractivity contribution in [3.63, 3.8) is 0 Å². The van der Waals surface area contributed by atoms with E-state index in [2.05, 4.69) is 20.9 Å². The molecule has 0 radical (unpaired) electrons. The summed E-state index contributed by atoms with van der Waals surface area (Å²) >= 11 is 11.1. The van der Waals surface area contributed by atoms with Gasteiger partial charge in [-0.25, -0.2) is 0 Å². The molecule has 2 rings (SSSR count). The number of methoxy groups -OCH3 is 1. The minimum absolute atomic E-state index is 0.0301. The van der Waals surface area contributed by atoms with Gasteiger partial charge in [-0.2, -0.15) is 0 Å². The van der Waals surface area contributed by atoms with E-state index in [1.807, 2.05) is 39.8 Å². The maximum atomic E-state index is 12.7. The van der Waals surface area contributed by atoms with Crippen molar-refractivity contribution < 1.29 is 9.53 Å². The number of ether oxygens (including phenoxy) is 1. The first-order valence-corrected chi connectivity index (χ1v) is 9.57. The summed E-state index contributed by atoms with van der Waals surface area (Å²) in [6.07, 6.45) is 1.83. The van der Waals surface area contributed by atoms with Crippen LogP contribution in [0.3, 0.4) is 0 Å². The van der Waals surface area contributed by atoms with Crippen LogP contribution in [0.25, 0.3) is 6.08 Å². The highest BCUT2D eigenvalue weighted by Gasteiger charge is 2.35. The van der Waals surface area contributed by atoms with E-state index < -0.39 is 0 Å². The number of hydrogen-bond donors (Lipinski definition) is 0. The fraction of sp³-hybridized carbons (Fsp3) is 0.412. The monoisotopic (exact) mass is 430 g/mol. The van der Waals surface area contributed by atoms with Gasteiger partial charge in [-0.1, -0.05) is 11.6 Å². The van der Waals surface area contributed by atoms with E-state index in [0.29, 0.717) is 15.7 Å². The highest BCUT2D eigenvalue weighted by molar-refractivity contribution is 9.10. The molecule has 0 unspecified atom stereocenters. The largest absolute Gasteiger partial charge is 0.494 e. The molecule has 1 aliphatic heterocycles. The Kier molecular flexibility index (Phi) is 6.39. The number of benzene rings is 1. The standard InChI is InChI=1S/C17H20BrClN2O2S/c1-9(2)20-17-21(10(3)4)16(22)14(24-17)8-11-6-12(18)15(23-5)13(19)7-11/h6-10H,1-5H3/b14-8+,20-17?. The molecule has 0 N–H and O–H groups in total. The van der Waals surface area contributed by atoms with Gasteiger partial charge in [-0.15, -0.1) is 0 Å². The van der Waals surface area contributed by atoms with E-state index in [9.17, 15) is 4.79 Å². The van der Waals surface area contributed by atoms with Crippen molar-refractivity contribution in [3.8, 4) is 5.75 Å². The predicted molar refractivity (Wildman–Crippen MR) is 106 cm³/mol. The van der Waals surface area contributed by atoms with Crippen LogP contribution in [0, 0.1) is 0 Å². The number of thioether (sulfide) groups is 1. The van der Waals surface area contributed by atoms with Crippen LogP contribution in [-0.4, -0.2) is 35.2 Å². The van der Waals surface area contributed by atoms with Gasteiger partial charge in [-0.05, 0) is 79.2 Å². The zero-order valence-electron chi connectivity index (χ0n) is 14.3. The summed E-state index contributed by atoms with van der Waals surface area (Å²) in [6.45, 7) is 7.97. The van der Waals surface area contributed by atoms with Crippen molar-refractivity contribution in [3.05, 3.63) is 32.1 Å². The maximum Gasteiger partial charge on any atom is 0.266 e. The Morgan fingerprint density at radius 2 is 2.00 bits per heavy atom. The average Bonchev–Trinajstić information content (AvgIpc) is 2.73. The van der Waals surface area contributed by atoms with Crippen molar-refractivity contribution in [1.29, 1.82) is 0 Å². The number of carbonyl (C=O) groups is 1. The van der Waals surface area contributed by atoms with Gasteiger partial charge in [0.15, 0.2) is 10.9 Å². The lowest BCUT2D eigenvalue weighted by molar-refractivity contribution is -0.123. The molecule has 4 nitrogen and oxygen atoms in total. The molecule has 130 valence electrons. The number of nitrogens with zero attached hydrogens (tertiary/aromatic N) is 2. The number of rotatable bonds is 4. The predicted octanol–water partition coefficient (Wildman–Crippen LogP) is 5.20. The molecule has 0 saturated carbocycles. The Morgan fingerprint density at radius 3 is 2.50 bits per heavy atom. The van der Waals surface area contributed by atoms with Gasteiger partial charge < -0.3 is 4.74 Å². The average molecular weight is 432 g/mol. The topological polar surface area (TPSA) is 41.9 Å². The van der Waals surface area contributed by atoms with E-state index in [1.54, 1.807) is 18.1 Å². The van der Waals surface area contributed by atoms with Crippen LogP contribution in [-0.2, 0) is 4.79 Å². The second-order valence-corrected chi connectivity index (χ2v) is 8.17. The maximum absolute atomic E-state index is 12.7. The van der Waals surface area contributed by atoms with Gasteiger partial charge in [0.25, 0.3) is 5.91 Å². The molecule has 0 aromatic heterocycles. The molecule has 1 amide bonds. The van der Waals surface area contributed by atoms with Crippen molar-refractivity contribution in [2.24, 2.45) is 4.99 Å². The van der Waals surface area contributed by atoms with Gasteiger partial charge in [-0.3, -0.25) is 14.7 Å². The summed E-state index contributed by atoms with van der Waals surface area (Å²) in [5.41, 5.74) is 0.832. The first-order valence-electron chi connectivity index (χ1n) is 7.58. The van der Waals surface area contributed by atoms with E-state index in [4.69, 9.17) is 16.3 Å². The highest BCUT2D eigenvalue weighted by atomic mass is 79.9. The van der Waals surface area contributed by atoms with Crippen LogP contribution in [0.2, 0.25) is 5.02 Å². The second-order valence-electron chi connectivity index (χ2n) is 5.90. The van der Waals surface area contributed by atoms with Crippen LogP contribution < -0.4 is 4.74 Å². The van der Waals surface area contributed by atoms with Gasteiger partial charge in [0.1, 0.15) is 0 Å². The number of amidine groups is 1. The lowest BCUT2D eigenvalue weighted by atomic mass is 10.2. The Hall–Kier alpha value is -0.980. The Morgan fingerprint density at radius 1 is 1.33 bits per heavy atom. The summed E-state index contributed by atoms with van der Waals surface area (Å²) < 4.78 is 5.98. The molecule has 1 heterocycles. The lowest BCUT2D eigenvalue weighted by Gasteiger charge is -2.20. The number of carbonyl (C=O) groups excluding carboxylic acids is 1. The Labute approximate surface area is 160 Å². The zero-order chi connectivity index (χ0) is 18.0. The zero-order valence-corrected chi connectivity index (χ0v) is 17.4. The molecule has 0 aliphatic carbocycles. The number of hydrogen-bond acceptors (Lipinski definition) is 4. The molecule has 7 heteroatoms. The molecular weight excluding hydrogens is 412 g/mol. The summed E-state index contributed by atoms with van der Waals surface area (Å²) in [5, 5.41) is 1.24. The summed E-state index contributed by atoms with van der Waals surface area (Å²) in [6, 6.07) is 3.84. The van der Waals surface area contributed by atoms with Crippen LogP contribution in [0.4, 0.5) is 0 Å². The van der Waals surface area contributed by atoms with E-state index in [1.165, 1.54) is 11.8 Å².